The molecule has 1 radical (unpaired) electrons. The Bertz CT molecular complexity index is 206. The van der Waals surface area contributed by atoms with E-state index < -0.39 is 0 Å². The van der Waals surface area contributed by atoms with Gasteiger partial charge in [0.05, 0.1) is 13.2 Å². The monoisotopic (exact) mass is 166 g/mol. The molecule has 2 aliphatic rings. The van der Waals surface area contributed by atoms with Crippen molar-refractivity contribution in [3.63, 3.8) is 0 Å². The van der Waals surface area contributed by atoms with Crippen LogP contribution in [0.15, 0.2) is 11.2 Å². The third-order valence-corrected chi connectivity index (χ3v) is 1.94. The van der Waals surface area contributed by atoms with Gasteiger partial charge in [0.1, 0.15) is 0 Å². The molecule has 0 unspecified atom stereocenters. The number of aliphatic imine (C=N–C) groups is 1. The topological polar surface area (TPSA) is 36.9 Å². The van der Waals surface area contributed by atoms with Gasteiger partial charge in [-0.1, -0.05) is 0 Å². The number of nitrogens with zero attached hydrogens (tertiary/aromatic N) is 2. The fourth-order valence-corrected chi connectivity index (χ4v) is 1.30. The number of morpholine rings is 1. The van der Waals surface area contributed by atoms with E-state index in [1.165, 1.54) is 0 Å². The smallest absolute Gasteiger partial charge is 0.199 e. The van der Waals surface area contributed by atoms with Gasteiger partial charge in [-0.15, -0.1) is 0 Å². The van der Waals surface area contributed by atoms with Crippen molar-refractivity contribution in [2.75, 3.05) is 32.8 Å². The van der Waals surface area contributed by atoms with Crippen LogP contribution in [0.4, 0.5) is 0 Å². The highest BCUT2D eigenvalue weighted by molar-refractivity contribution is 5.81. The summed E-state index contributed by atoms with van der Waals surface area (Å²) < 4.78 is 5.24. The van der Waals surface area contributed by atoms with Crippen molar-refractivity contribution in [1.82, 2.24) is 10.2 Å². The maximum Gasteiger partial charge on any atom is 0.199 e. The normalized spacial score (nSPS) is 23.3. The molecule has 2 heterocycles. The van der Waals surface area contributed by atoms with Crippen LogP contribution in [-0.2, 0) is 4.74 Å². The van der Waals surface area contributed by atoms with E-state index in [1.807, 2.05) is 0 Å². The Kier molecular flexibility index (Phi) is 2.27. The molecule has 4 heteroatoms. The van der Waals surface area contributed by atoms with Gasteiger partial charge in [-0.2, -0.15) is 0 Å². The predicted molar refractivity (Wildman–Crippen MR) is 45.6 cm³/mol. The first kappa shape index (κ1) is 7.61. The first-order valence-corrected chi connectivity index (χ1v) is 4.16. The van der Waals surface area contributed by atoms with Crippen LogP contribution in [0.3, 0.4) is 0 Å². The van der Waals surface area contributed by atoms with Crippen LogP contribution < -0.4 is 5.32 Å². The molecule has 0 aromatic carbocycles. The second-order valence-corrected chi connectivity index (χ2v) is 2.74. The minimum absolute atomic E-state index is 0.760. The number of hydrogen-bond donors (Lipinski definition) is 1. The number of ether oxygens (including phenoxy) is 1. The Morgan fingerprint density at radius 1 is 1.50 bits per heavy atom. The molecule has 0 spiro atoms. The van der Waals surface area contributed by atoms with Crippen molar-refractivity contribution in [1.29, 1.82) is 0 Å². The van der Waals surface area contributed by atoms with E-state index in [1.54, 1.807) is 6.20 Å². The zero-order valence-electron chi connectivity index (χ0n) is 6.92. The Balaban J connectivity index is 1.97. The van der Waals surface area contributed by atoms with E-state index in [-0.39, 0.29) is 0 Å². The first-order chi connectivity index (χ1) is 5.97. The third kappa shape index (κ3) is 1.58. The van der Waals surface area contributed by atoms with Crippen LogP contribution in [-0.4, -0.2) is 43.7 Å². The predicted octanol–water partition coefficient (Wildman–Crippen LogP) is -0.405. The average molecular weight is 166 g/mol. The fraction of sp³-hybridized carbons (Fsp3) is 0.625. The van der Waals surface area contributed by atoms with Gasteiger partial charge in [0.2, 0.25) is 0 Å². The molecular weight excluding hydrogens is 154 g/mol. The SMILES string of the molecule is [C]1=CN=C(N2CCOCC2)NC1. The van der Waals surface area contributed by atoms with Crippen LogP contribution in [0.2, 0.25) is 0 Å². The maximum absolute atomic E-state index is 5.24. The Hall–Kier alpha value is -1.03. The summed E-state index contributed by atoms with van der Waals surface area (Å²) in [7, 11) is 0. The van der Waals surface area contributed by atoms with Crippen molar-refractivity contribution >= 4 is 5.96 Å². The molecule has 0 aromatic rings. The molecule has 65 valence electrons. The first-order valence-electron chi connectivity index (χ1n) is 4.16. The molecule has 0 aliphatic carbocycles. The van der Waals surface area contributed by atoms with Gasteiger partial charge in [-0.05, 0) is 6.08 Å². The second kappa shape index (κ2) is 3.58. The third-order valence-electron chi connectivity index (χ3n) is 1.94. The van der Waals surface area contributed by atoms with E-state index in [0.717, 1.165) is 38.8 Å². The molecule has 12 heavy (non-hydrogen) atoms. The molecule has 0 atom stereocenters. The van der Waals surface area contributed by atoms with Crippen molar-refractivity contribution in [2.24, 2.45) is 4.99 Å². The lowest BCUT2D eigenvalue weighted by Gasteiger charge is -2.30. The van der Waals surface area contributed by atoms with Crippen LogP contribution >= 0.6 is 0 Å². The summed E-state index contributed by atoms with van der Waals surface area (Å²) in [6.07, 6.45) is 4.70. The van der Waals surface area contributed by atoms with E-state index in [4.69, 9.17) is 4.74 Å². The molecular formula is C8H12N3O. The number of guanidine groups is 1. The molecule has 2 aliphatic heterocycles. The highest BCUT2D eigenvalue weighted by atomic mass is 16.5. The summed E-state index contributed by atoms with van der Waals surface area (Å²) in [6.45, 7) is 4.22. The van der Waals surface area contributed by atoms with E-state index >= 15 is 0 Å². The van der Waals surface area contributed by atoms with Gasteiger partial charge < -0.3 is 15.0 Å². The minimum Gasteiger partial charge on any atom is -0.378 e. The zero-order valence-corrected chi connectivity index (χ0v) is 6.92. The molecule has 0 amide bonds. The Morgan fingerprint density at radius 3 is 3.00 bits per heavy atom. The standard InChI is InChI=1S/C8H12N3O/c1-2-9-8(10-3-1)11-4-6-12-7-5-11/h2H,3-7H2,(H,9,10). The van der Waals surface area contributed by atoms with Crippen LogP contribution in [0, 0.1) is 6.08 Å². The summed E-state index contributed by atoms with van der Waals surface area (Å²) in [6, 6.07) is 0. The fourth-order valence-electron chi connectivity index (χ4n) is 1.30. The summed E-state index contributed by atoms with van der Waals surface area (Å²) in [4.78, 5) is 6.39. The van der Waals surface area contributed by atoms with Gasteiger partial charge in [0, 0.05) is 25.8 Å². The lowest BCUT2D eigenvalue weighted by molar-refractivity contribution is 0.0665. The average Bonchev–Trinajstić information content (AvgIpc) is 2.21. The largest absolute Gasteiger partial charge is 0.378 e. The van der Waals surface area contributed by atoms with Crippen LogP contribution in [0.1, 0.15) is 0 Å². The lowest BCUT2D eigenvalue weighted by atomic mass is 10.4. The summed E-state index contributed by atoms with van der Waals surface area (Å²) in [5, 5.41) is 3.17. The van der Waals surface area contributed by atoms with Gasteiger partial charge in [0.25, 0.3) is 0 Å². The van der Waals surface area contributed by atoms with Crippen molar-refractivity contribution in [3.8, 4) is 0 Å². The van der Waals surface area contributed by atoms with E-state index in [9.17, 15) is 0 Å². The van der Waals surface area contributed by atoms with Gasteiger partial charge in [-0.25, -0.2) is 4.99 Å². The summed E-state index contributed by atoms with van der Waals surface area (Å²) >= 11 is 0. The van der Waals surface area contributed by atoms with Crippen LogP contribution in [0.25, 0.3) is 0 Å². The van der Waals surface area contributed by atoms with Crippen molar-refractivity contribution in [3.05, 3.63) is 12.3 Å². The number of nitrogens with one attached hydrogen (secondary N) is 1. The van der Waals surface area contributed by atoms with E-state index in [2.05, 4.69) is 21.3 Å². The second-order valence-electron chi connectivity index (χ2n) is 2.74. The molecule has 2 rings (SSSR count). The van der Waals surface area contributed by atoms with Gasteiger partial charge in [0.15, 0.2) is 5.96 Å². The zero-order chi connectivity index (χ0) is 8.23. The lowest BCUT2D eigenvalue weighted by Crippen LogP contribution is -2.47. The number of rotatable bonds is 0. The van der Waals surface area contributed by atoms with E-state index in [0.29, 0.717) is 0 Å². The molecule has 0 saturated carbocycles. The molecule has 1 saturated heterocycles. The highest BCUT2D eigenvalue weighted by Gasteiger charge is 2.14. The Morgan fingerprint density at radius 2 is 2.33 bits per heavy atom. The Labute approximate surface area is 71.9 Å². The number of hydrogen-bond acceptors (Lipinski definition) is 4. The summed E-state index contributed by atoms with van der Waals surface area (Å²) in [5.41, 5.74) is 0. The van der Waals surface area contributed by atoms with Gasteiger partial charge in [-0.3, -0.25) is 0 Å². The molecule has 0 aromatic heterocycles. The van der Waals surface area contributed by atoms with Gasteiger partial charge >= 0.3 is 0 Å². The van der Waals surface area contributed by atoms with Crippen molar-refractivity contribution < 1.29 is 4.74 Å². The molecule has 1 N–H and O–H groups in total. The molecule has 4 nitrogen and oxygen atoms in total. The van der Waals surface area contributed by atoms with Crippen LogP contribution in [0.5, 0.6) is 0 Å². The molecule has 1 fully saturated rings. The maximum atomic E-state index is 5.24. The highest BCUT2D eigenvalue weighted by Crippen LogP contribution is 1.99. The minimum atomic E-state index is 0.760. The summed E-state index contributed by atoms with van der Waals surface area (Å²) in [5.74, 6) is 0.956. The molecule has 0 bridgehead atoms. The quantitative estimate of drug-likeness (QED) is 0.531. The van der Waals surface area contributed by atoms with Crippen molar-refractivity contribution in [2.45, 2.75) is 0 Å².